The maximum absolute atomic E-state index is 13.1. The lowest BCUT2D eigenvalue weighted by Crippen LogP contribution is -2.31. The topological polar surface area (TPSA) is 71.8 Å². The third kappa shape index (κ3) is 3.31. The number of nitrogens with one attached hydrogen (secondary N) is 2. The number of carbonyl (C=O) groups excluding carboxylic acids is 1. The summed E-state index contributed by atoms with van der Waals surface area (Å²) in [6, 6.07) is 14.7. The van der Waals surface area contributed by atoms with Crippen LogP contribution in [-0.4, -0.2) is 20.7 Å². The van der Waals surface area contributed by atoms with Gasteiger partial charge in [0.2, 0.25) is 5.95 Å². The van der Waals surface area contributed by atoms with Crippen molar-refractivity contribution >= 4 is 29.1 Å². The van der Waals surface area contributed by atoms with E-state index in [4.69, 9.17) is 11.6 Å². The predicted octanol–water partition coefficient (Wildman–Crippen LogP) is 4.17. The lowest BCUT2D eigenvalue weighted by molar-refractivity contribution is -0.113. The molecule has 6 nitrogen and oxygen atoms in total. The molecule has 2 heterocycles. The molecule has 0 saturated heterocycles. The summed E-state index contributed by atoms with van der Waals surface area (Å²) in [6.07, 6.45) is 1.48. The molecule has 1 amide bonds. The van der Waals surface area contributed by atoms with Crippen molar-refractivity contribution in [1.82, 2.24) is 14.8 Å². The zero-order valence-electron chi connectivity index (χ0n) is 14.9. The highest BCUT2D eigenvalue weighted by atomic mass is 35.5. The van der Waals surface area contributed by atoms with E-state index in [0.29, 0.717) is 22.2 Å². The fraction of sp³-hybridized carbons (Fsp3) is 0.150. The SMILES string of the molecule is CC1=C(C(=O)Nc2ccc(Cl)cc2)C(c2ccc(C)cc2)n2ncnc2N1. The molecule has 1 aromatic heterocycles. The number of fused-ring (bicyclic) bond motifs is 1. The smallest absolute Gasteiger partial charge is 0.255 e. The molecule has 1 atom stereocenters. The molecule has 2 N–H and O–H groups in total. The Kier molecular flexibility index (Phi) is 4.41. The average Bonchev–Trinajstić information content (AvgIpc) is 3.11. The van der Waals surface area contributed by atoms with Gasteiger partial charge in [0.05, 0.1) is 5.57 Å². The normalized spacial score (nSPS) is 15.9. The van der Waals surface area contributed by atoms with E-state index in [2.05, 4.69) is 20.7 Å². The lowest BCUT2D eigenvalue weighted by Gasteiger charge is -2.28. The summed E-state index contributed by atoms with van der Waals surface area (Å²) in [5.74, 6) is 0.412. The molecule has 0 bridgehead atoms. The maximum Gasteiger partial charge on any atom is 0.255 e. The Bertz CT molecular complexity index is 1020. The van der Waals surface area contributed by atoms with Crippen LogP contribution in [0.2, 0.25) is 5.02 Å². The predicted molar refractivity (Wildman–Crippen MR) is 106 cm³/mol. The molecule has 7 heteroatoms. The van der Waals surface area contributed by atoms with Crippen molar-refractivity contribution in [1.29, 1.82) is 0 Å². The number of allylic oxidation sites excluding steroid dienone is 1. The molecular weight excluding hydrogens is 362 g/mol. The minimum atomic E-state index is -0.364. The molecule has 0 fully saturated rings. The summed E-state index contributed by atoms with van der Waals surface area (Å²) >= 11 is 5.93. The Balaban J connectivity index is 1.74. The highest BCUT2D eigenvalue weighted by molar-refractivity contribution is 6.30. The standard InChI is InChI=1S/C20H18ClN5O/c1-12-3-5-14(6-4-12)18-17(13(2)24-20-22-11-23-26(18)20)19(27)25-16-9-7-15(21)8-10-16/h3-11,18H,1-2H3,(H,25,27)(H,22,23,24). The van der Waals surface area contributed by atoms with Gasteiger partial charge in [0, 0.05) is 16.4 Å². The Hall–Kier alpha value is -3.12. The summed E-state index contributed by atoms with van der Waals surface area (Å²) in [5, 5.41) is 11.1. The van der Waals surface area contributed by atoms with Gasteiger partial charge in [-0.3, -0.25) is 4.79 Å². The zero-order valence-corrected chi connectivity index (χ0v) is 15.7. The molecule has 1 unspecified atom stereocenters. The Morgan fingerprint density at radius 3 is 2.52 bits per heavy atom. The van der Waals surface area contributed by atoms with Crippen LogP contribution in [0.4, 0.5) is 11.6 Å². The minimum Gasteiger partial charge on any atom is -0.328 e. The van der Waals surface area contributed by atoms with Gasteiger partial charge in [-0.1, -0.05) is 41.4 Å². The van der Waals surface area contributed by atoms with Crippen LogP contribution in [-0.2, 0) is 4.79 Å². The van der Waals surface area contributed by atoms with Crippen LogP contribution < -0.4 is 10.6 Å². The summed E-state index contributed by atoms with van der Waals surface area (Å²) < 4.78 is 1.73. The van der Waals surface area contributed by atoms with Gasteiger partial charge < -0.3 is 10.6 Å². The minimum absolute atomic E-state index is 0.200. The number of rotatable bonds is 3. The molecule has 27 heavy (non-hydrogen) atoms. The van der Waals surface area contributed by atoms with Crippen molar-refractivity contribution in [2.75, 3.05) is 10.6 Å². The largest absolute Gasteiger partial charge is 0.328 e. The van der Waals surface area contributed by atoms with E-state index in [1.807, 2.05) is 38.1 Å². The third-order valence-electron chi connectivity index (χ3n) is 4.53. The molecular formula is C20H18ClN5O. The van der Waals surface area contributed by atoms with E-state index in [9.17, 15) is 4.79 Å². The second-order valence-corrected chi connectivity index (χ2v) is 6.90. The van der Waals surface area contributed by atoms with E-state index in [-0.39, 0.29) is 11.9 Å². The van der Waals surface area contributed by atoms with Crippen molar-refractivity contribution in [3.8, 4) is 0 Å². The summed E-state index contributed by atoms with van der Waals surface area (Å²) in [6.45, 7) is 3.90. The quantitative estimate of drug-likeness (QED) is 0.716. The van der Waals surface area contributed by atoms with Crippen LogP contribution in [0.5, 0.6) is 0 Å². The van der Waals surface area contributed by atoms with E-state index in [1.165, 1.54) is 6.33 Å². The second-order valence-electron chi connectivity index (χ2n) is 6.47. The van der Waals surface area contributed by atoms with Crippen molar-refractivity contribution in [3.05, 3.63) is 82.3 Å². The maximum atomic E-state index is 13.1. The van der Waals surface area contributed by atoms with Crippen LogP contribution in [0, 0.1) is 6.92 Å². The highest BCUT2D eigenvalue weighted by Crippen LogP contribution is 2.35. The lowest BCUT2D eigenvalue weighted by atomic mass is 9.94. The Morgan fingerprint density at radius 1 is 1.11 bits per heavy atom. The summed E-state index contributed by atoms with van der Waals surface area (Å²) in [5.41, 5.74) is 4.13. The molecule has 2 aromatic carbocycles. The van der Waals surface area contributed by atoms with Crippen LogP contribution in [0.25, 0.3) is 0 Å². The highest BCUT2D eigenvalue weighted by Gasteiger charge is 2.33. The average molecular weight is 380 g/mol. The number of hydrogen-bond acceptors (Lipinski definition) is 4. The zero-order chi connectivity index (χ0) is 19.0. The third-order valence-corrected chi connectivity index (χ3v) is 4.79. The molecule has 1 aliphatic rings. The first-order chi connectivity index (χ1) is 13.0. The van der Waals surface area contributed by atoms with Crippen molar-refractivity contribution in [2.45, 2.75) is 19.9 Å². The number of carbonyl (C=O) groups is 1. The fourth-order valence-electron chi connectivity index (χ4n) is 3.17. The number of nitrogens with zero attached hydrogens (tertiary/aromatic N) is 3. The Labute approximate surface area is 161 Å². The fourth-order valence-corrected chi connectivity index (χ4v) is 3.30. The first-order valence-corrected chi connectivity index (χ1v) is 8.91. The molecule has 136 valence electrons. The van der Waals surface area contributed by atoms with Gasteiger partial charge >= 0.3 is 0 Å². The van der Waals surface area contributed by atoms with Gasteiger partial charge in [-0.25, -0.2) is 4.68 Å². The van der Waals surface area contributed by atoms with Crippen LogP contribution in [0.3, 0.4) is 0 Å². The number of amides is 1. The molecule has 0 radical (unpaired) electrons. The number of anilines is 2. The molecule has 0 saturated carbocycles. The Morgan fingerprint density at radius 2 is 1.81 bits per heavy atom. The van der Waals surface area contributed by atoms with Gasteiger partial charge in [0.15, 0.2) is 0 Å². The van der Waals surface area contributed by atoms with E-state index in [1.54, 1.807) is 28.9 Å². The summed E-state index contributed by atoms with van der Waals surface area (Å²) in [4.78, 5) is 17.4. The monoisotopic (exact) mass is 379 g/mol. The van der Waals surface area contributed by atoms with Crippen LogP contribution in [0.1, 0.15) is 24.1 Å². The van der Waals surface area contributed by atoms with Gasteiger partial charge in [-0.15, -0.1) is 0 Å². The van der Waals surface area contributed by atoms with E-state index in [0.717, 1.165) is 16.8 Å². The first kappa shape index (κ1) is 17.3. The number of hydrogen-bond donors (Lipinski definition) is 2. The molecule has 0 spiro atoms. The van der Waals surface area contributed by atoms with E-state index < -0.39 is 0 Å². The van der Waals surface area contributed by atoms with Crippen molar-refractivity contribution in [3.63, 3.8) is 0 Å². The number of aromatic nitrogens is 3. The van der Waals surface area contributed by atoms with Gasteiger partial charge in [-0.2, -0.15) is 10.1 Å². The van der Waals surface area contributed by atoms with E-state index >= 15 is 0 Å². The molecule has 4 rings (SSSR count). The molecule has 1 aliphatic heterocycles. The second kappa shape index (κ2) is 6.89. The number of benzene rings is 2. The van der Waals surface area contributed by atoms with Crippen molar-refractivity contribution < 1.29 is 4.79 Å². The number of halogens is 1. The molecule has 3 aromatic rings. The van der Waals surface area contributed by atoms with Crippen LogP contribution >= 0.6 is 11.6 Å². The van der Waals surface area contributed by atoms with Gasteiger partial charge in [0.25, 0.3) is 5.91 Å². The molecule has 0 aliphatic carbocycles. The first-order valence-electron chi connectivity index (χ1n) is 8.54. The van der Waals surface area contributed by atoms with Crippen molar-refractivity contribution in [2.24, 2.45) is 0 Å². The number of aryl methyl sites for hydroxylation is 1. The van der Waals surface area contributed by atoms with Gasteiger partial charge in [-0.05, 0) is 43.7 Å². The van der Waals surface area contributed by atoms with Crippen LogP contribution in [0.15, 0.2) is 66.1 Å². The summed E-state index contributed by atoms with van der Waals surface area (Å²) in [7, 11) is 0. The van der Waals surface area contributed by atoms with Gasteiger partial charge in [0.1, 0.15) is 12.4 Å².